The summed E-state index contributed by atoms with van der Waals surface area (Å²) in [6.45, 7) is 12.0. The van der Waals surface area contributed by atoms with Gasteiger partial charge in [-0.15, -0.1) is 5.10 Å². The van der Waals surface area contributed by atoms with E-state index in [1.165, 1.54) is 11.1 Å². The average molecular weight is 552 g/mol. The molecule has 3 heterocycles. The predicted molar refractivity (Wildman–Crippen MR) is 163 cm³/mol. The molecule has 0 spiro atoms. The molecule has 0 saturated carbocycles. The summed E-state index contributed by atoms with van der Waals surface area (Å²) in [6, 6.07) is 16.1. The van der Waals surface area contributed by atoms with Gasteiger partial charge in [0.05, 0.1) is 23.3 Å². The van der Waals surface area contributed by atoms with Gasteiger partial charge in [-0.2, -0.15) is 10.4 Å². The molecule has 2 aliphatic rings. The summed E-state index contributed by atoms with van der Waals surface area (Å²) in [5.41, 5.74) is 13.6. The molecule has 2 N–H and O–H groups in total. The van der Waals surface area contributed by atoms with E-state index in [0.717, 1.165) is 66.1 Å². The van der Waals surface area contributed by atoms with E-state index in [0.29, 0.717) is 25.6 Å². The van der Waals surface area contributed by atoms with Gasteiger partial charge in [0.1, 0.15) is 6.07 Å². The molecule has 2 aromatic carbocycles. The number of piperazine rings is 1. The van der Waals surface area contributed by atoms with Gasteiger partial charge in [-0.25, -0.2) is 0 Å². The van der Waals surface area contributed by atoms with Crippen LogP contribution in [0.25, 0.3) is 0 Å². The van der Waals surface area contributed by atoms with E-state index in [4.69, 9.17) is 5.73 Å². The first kappa shape index (κ1) is 28.6. The van der Waals surface area contributed by atoms with Crippen LogP contribution < -0.4 is 15.5 Å². The first-order chi connectivity index (χ1) is 19.8. The summed E-state index contributed by atoms with van der Waals surface area (Å²) in [5, 5.41) is 17.9. The summed E-state index contributed by atoms with van der Waals surface area (Å²) in [5.74, 6) is 1.43. The summed E-state index contributed by atoms with van der Waals surface area (Å²) in [4.78, 5) is 20.7. The molecule has 214 valence electrons. The zero-order chi connectivity index (χ0) is 29.1. The highest BCUT2D eigenvalue weighted by Crippen LogP contribution is 2.32. The van der Waals surface area contributed by atoms with Crippen LogP contribution in [0, 0.1) is 38.0 Å². The maximum absolute atomic E-state index is 14.2. The minimum Gasteiger partial charge on any atom is -0.370 e. The van der Waals surface area contributed by atoms with Crippen LogP contribution in [0.15, 0.2) is 48.7 Å². The van der Waals surface area contributed by atoms with Crippen LogP contribution in [0.3, 0.4) is 0 Å². The maximum atomic E-state index is 14.2. The zero-order valence-corrected chi connectivity index (χ0v) is 24.7. The monoisotopic (exact) mass is 551 g/mol. The molecule has 0 unspecified atom stereocenters. The third-order valence-corrected chi connectivity index (χ3v) is 9.20. The van der Waals surface area contributed by atoms with E-state index in [-0.39, 0.29) is 18.0 Å². The van der Waals surface area contributed by atoms with Gasteiger partial charge in [-0.05, 0) is 99.4 Å². The number of nitrogens with two attached hydrogens (primary N) is 1. The SMILES string of the molecule is Cc1cc(C)c(C(=O)N2CCN(c3cccnn3)[C@H](CN)[C@@H]2C)c(C)c1CC1CCN(c2ccccc2C#N)CC1. The smallest absolute Gasteiger partial charge is 0.254 e. The van der Waals surface area contributed by atoms with E-state index >= 15 is 0 Å². The van der Waals surface area contributed by atoms with E-state index in [1.807, 2.05) is 41.3 Å². The second kappa shape index (κ2) is 12.3. The Labute approximate surface area is 243 Å². The largest absolute Gasteiger partial charge is 0.370 e. The highest BCUT2D eigenvalue weighted by atomic mass is 16.2. The van der Waals surface area contributed by atoms with Gasteiger partial charge < -0.3 is 20.4 Å². The van der Waals surface area contributed by atoms with E-state index < -0.39 is 0 Å². The van der Waals surface area contributed by atoms with Crippen molar-refractivity contribution in [1.82, 2.24) is 15.1 Å². The normalized spacial score (nSPS) is 19.8. The summed E-state index contributed by atoms with van der Waals surface area (Å²) in [7, 11) is 0. The Kier molecular flexibility index (Phi) is 8.55. The first-order valence-electron chi connectivity index (χ1n) is 14.7. The summed E-state index contributed by atoms with van der Waals surface area (Å²) >= 11 is 0. The number of nitriles is 1. The molecule has 8 nitrogen and oxygen atoms in total. The van der Waals surface area contributed by atoms with Crippen LogP contribution in [-0.4, -0.2) is 65.8 Å². The number of rotatable bonds is 6. The molecule has 2 atom stereocenters. The van der Waals surface area contributed by atoms with E-state index in [9.17, 15) is 10.1 Å². The molecular weight excluding hydrogens is 510 g/mol. The lowest BCUT2D eigenvalue weighted by Crippen LogP contribution is -2.62. The quantitative estimate of drug-likeness (QED) is 0.484. The lowest BCUT2D eigenvalue weighted by Gasteiger charge is -2.46. The van der Waals surface area contributed by atoms with Gasteiger partial charge >= 0.3 is 0 Å². The number of nitrogens with zero attached hydrogens (tertiary/aromatic N) is 6. The lowest BCUT2D eigenvalue weighted by molar-refractivity contribution is 0.0627. The fourth-order valence-electron chi connectivity index (χ4n) is 6.92. The lowest BCUT2D eigenvalue weighted by atomic mass is 9.83. The minimum absolute atomic E-state index is 0.0359. The van der Waals surface area contributed by atoms with Crippen molar-refractivity contribution in [3.63, 3.8) is 0 Å². The molecule has 2 fully saturated rings. The Hall–Kier alpha value is -3.96. The first-order valence-corrected chi connectivity index (χ1v) is 14.7. The van der Waals surface area contributed by atoms with E-state index in [2.05, 4.69) is 59.8 Å². The molecule has 0 aliphatic carbocycles. The highest BCUT2D eigenvalue weighted by Gasteiger charge is 2.37. The van der Waals surface area contributed by atoms with Gasteiger partial charge in [0.15, 0.2) is 5.82 Å². The number of benzene rings is 2. The molecule has 41 heavy (non-hydrogen) atoms. The fraction of sp³-hybridized carbons (Fsp3) is 0.455. The molecule has 1 amide bonds. The van der Waals surface area contributed by atoms with Crippen molar-refractivity contribution < 1.29 is 4.79 Å². The molecule has 2 aliphatic heterocycles. The molecule has 0 bridgehead atoms. The number of aryl methyl sites for hydroxylation is 2. The molecule has 0 radical (unpaired) electrons. The van der Waals surface area contributed by atoms with Gasteiger partial charge in [0, 0.05) is 44.5 Å². The number of hydrogen-bond donors (Lipinski definition) is 1. The Balaban J connectivity index is 1.32. The third-order valence-electron chi connectivity index (χ3n) is 9.20. The Morgan fingerprint density at radius 1 is 1.05 bits per heavy atom. The zero-order valence-electron chi connectivity index (χ0n) is 24.7. The van der Waals surface area contributed by atoms with Crippen molar-refractivity contribution in [3.8, 4) is 6.07 Å². The Bertz CT molecular complexity index is 1430. The average Bonchev–Trinajstić information content (AvgIpc) is 2.99. The summed E-state index contributed by atoms with van der Waals surface area (Å²) < 4.78 is 0. The van der Waals surface area contributed by atoms with Crippen LogP contribution in [0.1, 0.15) is 57.9 Å². The van der Waals surface area contributed by atoms with Crippen LogP contribution in [0.5, 0.6) is 0 Å². The van der Waals surface area contributed by atoms with Crippen molar-refractivity contribution in [1.29, 1.82) is 5.26 Å². The molecule has 2 saturated heterocycles. The number of carbonyl (C=O) groups excluding carboxylic acids is 1. The van der Waals surface area contributed by atoms with Crippen molar-refractivity contribution in [2.45, 2.75) is 59.0 Å². The van der Waals surface area contributed by atoms with Gasteiger partial charge in [-0.1, -0.05) is 18.2 Å². The second-order valence-corrected chi connectivity index (χ2v) is 11.6. The topological polar surface area (TPSA) is 102 Å². The molecule has 1 aromatic heterocycles. The number of piperidine rings is 1. The standard InChI is InChI=1S/C33H41N7O/c1-22-18-23(2)32(33(41)39-16-17-40(30(21-35)25(39)4)31-10-7-13-36-37-31)24(3)28(22)19-26-11-14-38(15-12-26)29-9-6-5-8-27(29)20-34/h5-10,13,18,25-26,30H,11-12,14-17,19,21,35H2,1-4H3/t25-,30+/m0/s1. The second-order valence-electron chi connectivity index (χ2n) is 11.6. The van der Waals surface area contributed by atoms with Crippen LogP contribution in [0.4, 0.5) is 11.5 Å². The van der Waals surface area contributed by atoms with Crippen molar-refractivity contribution in [2.24, 2.45) is 11.7 Å². The van der Waals surface area contributed by atoms with Crippen molar-refractivity contribution >= 4 is 17.4 Å². The predicted octanol–water partition coefficient (Wildman–Crippen LogP) is 4.41. The Morgan fingerprint density at radius 3 is 2.49 bits per heavy atom. The summed E-state index contributed by atoms with van der Waals surface area (Å²) in [6.07, 6.45) is 4.76. The number of carbonyl (C=O) groups is 1. The number of aromatic nitrogens is 2. The van der Waals surface area contributed by atoms with Gasteiger partial charge in [0.25, 0.3) is 5.91 Å². The van der Waals surface area contributed by atoms with Crippen LogP contribution in [0.2, 0.25) is 0 Å². The molecule has 8 heteroatoms. The number of hydrogen-bond acceptors (Lipinski definition) is 7. The maximum Gasteiger partial charge on any atom is 0.254 e. The van der Waals surface area contributed by atoms with E-state index in [1.54, 1.807) is 6.20 Å². The number of para-hydroxylation sites is 1. The minimum atomic E-state index is -0.0626. The van der Waals surface area contributed by atoms with Gasteiger partial charge in [-0.3, -0.25) is 4.79 Å². The van der Waals surface area contributed by atoms with Crippen molar-refractivity contribution in [3.05, 3.63) is 82.0 Å². The molecular formula is C33H41N7O. The van der Waals surface area contributed by atoms with Crippen LogP contribution in [-0.2, 0) is 6.42 Å². The van der Waals surface area contributed by atoms with Gasteiger partial charge in [0.2, 0.25) is 0 Å². The highest BCUT2D eigenvalue weighted by molar-refractivity contribution is 5.98. The van der Waals surface area contributed by atoms with Crippen molar-refractivity contribution in [2.75, 3.05) is 42.5 Å². The van der Waals surface area contributed by atoms with Crippen LogP contribution >= 0.6 is 0 Å². The molecule has 5 rings (SSSR count). The molecule has 3 aromatic rings. The fourth-order valence-corrected chi connectivity index (χ4v) is 6.92. The number of amides is 1. The number of anilines is 2. The Morgan fingerprint density at radius 2 is 1.80 bits per heavy atom. The third kappa shape index (κ3) is 5.64.